The van der Waals surface area contributed by atoms with Gasteiger partial charge < -0.3 is 0 Å². The zero-order valence-corrected chi connectivity index (χ0v) is 15.8. The Kier molecular flexibility index (Phi) is 5.51. The van der Waals surface area contributed by atoms with E-state index in [4.69, 9.17) is 46.4 Å². The van der Waals surface area contributed by atoms with E-state index < -0.39 is 0 Å². The minimum absolute atomic E-state index is 0.225. The number of nitrogens with zero attached hydrogens (tertiary/aromatic N) is 2. The lowest BCUT2D eigenvalue weighted by Crippen LogP contribution is -1.94. The predicted molar refractivity (Wildman–Crippen MR) is 104 cm³/mol. The van der Waals surface area contributed by atoms with Gasteiger partial charge in [0.05, 0.1) is 18.2 Å². The molecule has 0 aliphatic heterocycles. The first kappa shape index (κ1) is 18.0. The Morgan fingerprint density at radius 3 is 1.80 bits per heavy atom. The highest BCUT2D eigenvalue weighted by Crippen LogP contribution is 2.32. The Morgan fingerprint density at radius 1 is 0.760 bits per heavy atom. The van der Waals surface area contributed by atoms with E-state index in [-0.39, 0.29) is 6.42 Å². The topological polar surface area (TPSA) is 36.7 Å². The zero-order chi connectivity index (χ0) is 18.0. The van der Waals surface area contributed by atoms with E-state index in [1.807, 2.05) is 6.07 Å². The third-order valence-electron chi connectivity index (χ3n) is 3.59. The molecule has 3 aromatic rings. The van der Waals surface area contributed by atoms with Crippen LogP contribution in [0, 0.1) is 11.3 Å². The fraction of sp³-hybridized carbons (Fsp3) is 0.0526. The second-order valence-corrected chi connectivity index (χ2v) is 7.12. The molecule has 2 nitrogen and oxygen atoms in total. The molecule has 0 spiro atoms. The average molecular weight is 408 g/mol. The van der Waals surface area contributed by atoms with Crippen molar-refractivity contribution >= 4 is 46.4 Å². The SMILES string of the molecule is N#CCc1cc(-c2cc(Cl)cc(Cl)c2)ncc1-c1cc(Cl)cc(Cl)c1. The maximum atomic E-state index is 9.19. The Hall–Kier alpha value is -1.76. The van der Waals surface area contributed by atoms with Gasteiger partial charge in [-0.25, -0.2) is 0 Å². The third-order valence-corrected chi connectivity index (χ3v) is 4.46. The van der Waals surface area contributed by atoms with Gasteiger partial charge in [-0.1, -0.05) is 46.4 Å². The van der Waals surface area contributed by atoms with Gasteiger partial charge in [0.1, 0.15) is 0 Å². The van der Waals surface area contributed by atoms with Crippen LogP contribution in [0.4, 0.5) is 0 Å². The van der Waals surface area contributed by atoms with E-state index in [0.29, 0.717) is 25.8 Å². The lowest BCUT2D eigenvalue weighted by Gasteiger charge is -2.11. The van der Waals surface area contributed by atoms with Crippen LogP contribution in [-0.4, -0.2) is 4.98 Å². The summed E-state index contributed by atoms with van der Waals surface area (Å²) in [5.74, 6) is 0. The second kappa shape index (κ2) is 7.64. The van der Waals surface area contributed by atoms with Crippen molar-refractivity contribution in [1.29, 1.82) is 5.26 Å². The standard InChI is InChI=1S/C19H10Cl4N2/c20-14-3-12(4-15(21)8-14)18-10-25-19(7-11(18)1-2-24)13-5-16(22)9-17(23)6-13/h3-10H,1H2. The monoisotopic (exact) mass is 406 g/mol. The number of pyridine rings is 1. The lowest BCUT2D eigenvalue weighted by atomic mass is 9.98. The number of aromatic nitrogens is 1. The summed E-state index contributed by atoms with van der Waals surface area (Å²) >= 11 is 24.3. The molecule has 0 saturated heterocycles. The summed E-state index contributed by atoms with van der Waals surface area (Å²) in [7, 11) is 0. The Labute approximate surface area is 165 Å². The molecule has 1 aromatic heterocycles. The van der Waals surface area contributed by atoms with E-state index in [2.05, 4.69) is 11.1 Å². The van der Waals surface area contributed by atoms with Crippen molar-refractivity contribution in [3.63, 3.8) is 0 Å². The van der Waals surface area contributed by atoms with Gasteiger partial charge in [-0.2, -0.15) is 5.26 Å². The molecule has 2 aromatic carbocycles. The van der Waals surface area contributed by atoms with Crippen molar-refractivity contribution < 1.29 is 0 Å². The van der Waals surface area contributed by atoms with Gasteiger partial charge in [0.15, 0.2) is 0 Å². The largest absolute Gasteiger partial charge is 0.256 e. The first-order chi connectivity index (χ1) is 12.0. The molecule has 3 rings (SSSR count). The molecule has 0 radical (unpaired) electrons. The maximum Gasteiger partial charge on any atom is 0.0706 e. The minimum atomic E-state index is 0.225. The fourth-order valence-electron chi connectivity index (χ4n) is 2.56. The normalized spacial score (nSPS) is 10.5. The van der Waals surface area contributed by atoms with Gasteiger partial charge >= 0.3 is 0 Å². The van der Waals surface area contributed by atoms with Crippen LogP contribution in [0.2, 0.25) is 20.1 Å². The van der Waals surface area contributed by atoms with Crippen LogP contribution in [0.1, 0.15) is 5.56 Å². The fourth-order valence-corrected chi connectivity index (χ4v) is 3.61. The molecule has 0 fully saturated rings. The summed E-state index contributed by atoms with van der Waals surface area (Å²) in [6.45, 7) is 0. The Balaban J connectivity index is 2.14. The van der Waals surface area contributed by atoms with Gasteiger partial charge in [0, 0.05) is 37.4 Å². The van der Waals surface area contributed by atoms with Gasteiger partial charge in [-0.15, -0.1) is 0 Å². The number of hydrogen-bond donors (Lipinski definition) is 0. The number of halogens is 4. The van der Waals surface area contributed by atoms with Crippen LogP contribution in [0.3, 0.4) is 0 Å². The molecular weight excluding hydrogens is 398 g/mol. The lowest BCUT2D eigenvalue weighted by molar-refractivity contribution is 1.22. The predicted octanol–water partition coefficient (Wildman–Crippen LogP) is 7.10. The van der Waals surface area contributed by atoms with Crippen molar-refractivity contribution in [2.75, 3.05) is 0 Å². The summed E-state index contributed by atoms with van der Waals surface area (Å²) in [5.41, 5.74) is 3.91. The van der Waals surface area contributed by atoms with Gasteiger partial charge in [-0.05, 0) is 53.6 Å². The summed E-state index contributed by atoms with van der Waals surface area (Å²) in [6.07, 6.45) is 1.93. The highest BCUT2D eigenvalue weighted by atomic mass is 35.5. The quantitative estimate of drug-likeness (QED) is 0.464. The molecule has 0 aliphatic rings. The van der Waals surface area contributed by atoms with Crippen molar-refractivity contribution in [1.82, 2.24) is 4.98 Å². The molecule has 0 N–H and O–H groups in total. The highest BCUT2D eigenvalue weighted by molar-refractivity contribution is 6.35. The average Bonchev–Trinajstić information content (AvgIpc) is 2.53. The van der Waals surface area contributed by atoms with Crippen LogP contribution >= 0.6 is 46.4 Å². The molecular formula is C19H10Cl4N2. The van der Waals surface area contributed by atoms with E-state index in [0.717, 1.165) is 22.3 Å². The number of nitriles is 1. The van der Waals surface area contributed by atoms with Crippen LogP contribution in [-0.2, 0) is 6.42 Å². The van der Waals surface area contributed by atoms with Crippen molar-refractivity contribution in [2.24, 2.45) is 0 Å². The molecule has 0 atom stereocenters. The molecule has 6 heteroatoms. The Morgan fingerprint density at radius 2 is 1.28 bits per heavy atom. The van der Waals surface area contributed by atoms with Crippen LogP contribution in [0.5, 0.6) is 0 Å². The van der Waals surface area contributed by atoms with Crippen LogP contribution in [0.15, 0.2) is 48.7 Å². The minimum Gasteiger partial charge on any atom is -0.256 e. The number of benzene rings is 2. The molecule has 0 bridgehead atoms. The summed E-state index contributed by atoms with van der Waals surface area (Å²) in [5, 5.41) is 11.3. The summed E-state index contributed by atoms with van der Waals surface area (Å²) < 4.78 is 0. The summed E-state index contributed by atoms with van der Waals surface area (Å²) in [4.78, 5) is 4.50. The number of hydrogen-bond acceptors (Lipinski definition) is 2. The molecule has 0 aliphatic carbocycles. The first-order valence-electron chi connectivity index (χ1n) is 7.25. The van der Waals surface area contributed by atoms with E-state index in [9.17, 15) is 5.26 Å². The van der Waals surface area contributed by atoms with E-state index in [1.54, 1.807) is 42.6 Å². The molecule has 124 valence electrons. The smallest absolute Gasteiger partial charge is 0.0706 e. The summed E-state index contributed by atoms with van der Waals surface area (Å²) in [6, 6.07) is 14.5. The Bertz CT molecular complexity index is 953. The van der Waals surface area contributed by atoms with Gasteiger partial charge in [-0.3, -0.25) is 4.98 Å². The van der Waals surface area contributed by atoms with E-state index >= 15 is 0 Å². The van der Waals surface area contributed by atoms with Crippen molar-refractivity contribution in [2.45, 2.75) is 6.42 Å². The van der Waals surface area contributed by atoms with E-state index in [1.165, 1.54) is 0 Å². The molecule has 1 heterocycles. The molecule has 25 heavy (non-hydrogen) atoms. The molecule has 0 unspecified atom stereocenters. The maximum absolute atomic E-state index is 9.19. The van der Waals surface area contributed by atoms with Crippen LogP contribution < -0.4 is 0 Å². The van der Waals surface area contributed by atoms with Crippen molar-refractivity contribution in [3.8, 4) is 28.5 Å². The zero-order valence-electron chi connectivity index (χ0n) is 12.7. The third kappa shape index (κ3) is 4.26. The molecule has 0 amide bonds. The van der Waals surface area contributed by atoms with Gasteiger partial charge in [0.25, 0.3) is 0 Å². The second-order valence-electron chi connectivity index (χ2n) is 5.38. The molecule has 0 saturated carbocycles. The first-order valence-corrected chi connectivity index (χ1v) is 8.76. The van der Waals surface area contributed by atoms with Crippen molar-refractivity contribution in [3.05, 3.63) is 74.3 Å². The van der Waals surface area contributed by atoms with Crippen LogP contribution in [0.25, 0.3) is 22.4 Å². The highest BCUT2D eigenvalue weighted by Gasteiger charge is 2.11. The number of rotatable bonds is 3. The van der Waals surface area contributed by atoms with Gasteiger partial charge in [0.2, 0.25) is 0 Å².